The first kappa shape index (κ1) is 13.4. The van der Waals surface area contributed by atoms with E-state index in [4.69, 9.17) is 10.9 Å². The standard InChI is InChI=1S/C12H18FN3O/c1-9(8-12(14)16-17)15-7-6-10-4-2-3-5-11(10)13/h2-5,9,15,17H,6-8H2,1H3,(H2,14,16). The fourth-order valence-corrected chi connectivity index (χ4v) is 1.58. The van der Waals surface area contributed by atoms with E-state index in [1.165, 1.54) is 6.07 Å². The van der Waals surface area contributed by atoms with Crippen LogP contribution in [0.1, 0.15) is 18.9 Å². The Balaban J connectivity index is 2.31. The van der Waals surface area contributed by atoms with Crippen molar-refractivity contribution in [3.63, 3.8) is 0 Å². The third-order valence-electron chi connectivity index (χ3n) is 2.49. The van der Waals surface area contributed by atoms with Gasteiger partial charge in [0.1, 0.15) is 11.7 Å². The smallest absolute Gasteiger partial charge is 0.140 e. The minimum Gasteiger partial charge on any atom is -0.409 e. The summed E-state index contributed by atoms with van der Waals surface area (Å²) in [6, 6.07) is 6.81. The van der Waals surface area contributed by atoms with E-state index in [0.717, 1.165) is 0 Å². The summed E-state index contributed by atoms with van der Waals surface area (Å²) < 4.78 is 13.3. The van der Waals surface area contributed by atoms with E-state index >= 15 is 0 Å². The molecular weight excluding hydrogens is 221 g/mol. The average molecular weight is 239 g/mol. The lowest BCUT2D eigenvalue weighted by atomic mass is 10.1. The van der Waals surface area contributed by atoms with E-state index in [1.807, 2.05) is 13.0 Å². The highest BCUT2D eigenvalue weighted by molar-refractivity contribution is 5.80. The Kier molecular flexibility index (Phi) is 5.42. The minimum atomic E-state index is -0.182. The minimum absolute atomic E-state index is 0.0951. The molecule has 0 bridgehead atoms. The maximum Gasteiger partial charge on any atom is 0.140 e. The molecule has 0 saturated carbocycles. The van der Waals surface area contributed by atoms with Crippen molar-refractivity contribution in [1.82, 2.24) is 5.32 Å². The lowest BCUT2D eigenvalue weighted by molar-refractivity contribution is 0.316. The molecule has 0 saturated heterocycles. The van der Waals surface area contributed by atoms with Gasteiger partial charge >= 0.3 is 0 Å². The number of hydrogen-bond acceptors (Lipinski definition) is 3. The maximum absolute atomic E-state index is 13.3. The Morgan fingerprint density at radius 2 is 2.24 bits per heavy atom. The van der Waals surface area contributed by atoms with Crippen molar-refractivity contribution in [3.8, 4) is 0 Å². The molecule has 0 aliphatic heterocycles. The van der Waals surface area contributed by atoms with Crippen LogP contribution in [-0.2, 0) is 6.42 Å². The number of halogens is 1. The van der Waals surface area contributed by atoms with E-state index in [0.29, 0.717) is 24.9 Å². The number of rotatable bonds is 6. The van der Waals surface area contributed by atoms with Gasteiger partial charge in [-0.15, -0.1) is 0 Å². The monoisotopic (exact) mass is 239 g/mol. The van der Waals surface area contributed by atoms with Crippen molar-refractivity contribution in [3.05, 3.63) is 35.6 Å². The van der Waals surface area contributed by atoms with Crippen molar-refractivity contribution in [2.24, 2.45) is 10.9 Å². The van der Waals surface area contributed by atoms with Crippen LogP contribution in [0, 0.1) is 5.82 Å². The third kappa shape index (κ3) is 4.82. The summed E-state index contributed by atoms with van der Waals surface area (Å²) in [4.78, 5) is 0. The molecule has 0 radical (unpaired) electrons. The number of nitrogens with one attached hydrogen (secondary N) is 1. The van der Waals surface area contributed by atoms with Crippen LogP contribution < -0.4 is 11.1 Å². The van der Waals surface area contributed by atoms with Crippen LogP contribution in [0.15, 0.2) is 29.4 Å². The van der Waals surface area contributed by atoms with Gasteiger partial charge in [0, 0.05) is 12.5 Å². The summed E-state index contributed by atoms with van der Waals surface area (Å²) in [5.41, 5.74) is 6.07. The average Bonchev–Trinajstić information content (AvgIpc) is 2.31. The normalized spacial score (nSPS) is 13.6. The summed E-state index contributed by atoms with van der Waals surface area (Å²) in [6.45, 7) is 2.58. The zero-order chi connectivity index (χ0) is 12.7. The molecule has 0 aliphatic rings. The number of amidine groups is 1. The van der Waals surface area contributed by atoms with Crippen LogP contribution in [0.5, 0.6) is 0 Å². The molecule has 1 rings (SSSR count). The van der Waals surface area contributed by atoms with E-state index in [2.05, 4.69) is 10.5 Å². The molecule has 0 heterocycles. The summed E-state index contributed by atoms with van der Waals surface area (Å²) in [7, 11) is 0. The van der Waals surface area contributed by atoms with Crippen molar-refractivity contribution >= 4 is 5.84 Å². The van der Waals surface area contributed by atoms with Crippen LogP contribution in [0.25, 0.3) is 0 Å². The van der Waals surface area contributed by atoms with Gasteiger partial charge < -0.3 is 16.3 Å². The number of nitrogens with zero attached hydrogens (tertiary/aromatic N) is 1. The van der Waals surface area contributed by atoms with Crippen LogP contribution in [0.2, 0.25) is 0 Å². The Morgan fingerprint density at radius 3 is 2.88 bits per heavy atom. The molecule has 0 aromatic heterocycles. The van der Waals surface area contributed by atoms with Gasteiger partial charge in [0.05, 0.1) is 0 Å². The Labute approximate surface area is 100 Å². The fourth-order valence-electron chi connectivity index (χ4n) is 1.58. The van der Waals surface area contributed by atoms with E-state index in [9.17, 15) is 4.39 Å². The van der Waals surface area contributed by atoms with Gasteiger partial charge in [0.2, 0.25) is 0 Å². The maximum atomic E-state index is 13.3. The first-order valence-corrected chi connectivity index (χ1v) is 5.56. The van der Waals surface area contributed by atoms with Crippen molar-refractivity contribution in [2.45, 2.75) is 25.8 Å². The van der Waals surface area contributed by atoms with E-state index in [1.54, 1.807) is 12.1 Å². The van der Waals surface area contributed by atoms with Gasteiger partial charge in [-0.25, -0.2) is 4.39 Å². The molecule has 0 spiro atoms. The van der Waals surface area contributed by atoms with Crippen molar-refractivity contribution in [1.29, 1.82) is 0 Å². The quantitative estimate of drug-likeness (QED) is 0.305. The molecule has 0 aliphatic carbocycles. The summed E-state index contributed by atoms with van der Waals surface area (Å²) >= 11 is 0. The topological polar surface area (TPSA) is 70.6 Å². The Bertz CT molecular complexity index is 382. The molecule has 0 amide bonds. The van der Waals surface area contributed by atoms with Crippen LogP contribution in [0.4, 0.5) is 4.39 Å². The molecule has 0 fully saturated rings. The number of oxime groups is 1. The van der Waals surface area contributed by atoms with E-state index in [-0.39, 0.29) is 17.7 Å². The largest absolute Gasteiger partial charge is 0.409 e. The first-order valence-electron chi connectivity index (χ1n) is 5.56. The van der Waals surface area contributed by atoms with E-state index < -0.39 is 0 Å². The van der Waals surface area contributed by atoms with Gasteiger partial charge in [-0.3, -0.25) is 0 Å². The van der Waals surface area contributed by atoms with Crippen molar-refractivity contribution in [2.75, 3.05) is 6.54 Å². The molecular formula is C12H18FN3O. The molecule has 1 atom stereocenters. The molecule has 4 nitrogen and oxygen atoms in total. The predicted molar refractivity (Wildman–Crippen MR) is 65.6 cm³/mol. The zero-order valence-corrected chi connectivity index (χ0v) is 9.86. The molecule has 1 aromatic carbocycles. The molecule has 1 unspecified atom stereocenters. The number of benzene rings is 1. The first-order chi connectivity index (χ1) is 8.13. The second kappa shape index (κ2) is 6.85. The Hall–Kier alpha value is -1.62. The summed E-state index contributed by atoms with van der Waals surface area (Å²) in [5, 5.41) is 14.5. The highest BCUT2D eigenvalue weighted by atomic mass is 19.1. The predicted octanol–water partition coefficient (Wildman–Crippen LogP) is 1.48. The van der Waals surface area contributed by atoms with Crippen LogP contribution in [0.3, 0.4) is 0 Å². The van der Waals surface area contributed by atoms with Gasteiger partial charge in [-0.1, -0.05) is 23.4 Å². The van der Waals surface area contributed by atoms with Gasteiger partial charge in [-0.2, -0.15) is 0 Å². The van der Waals surface area contributed by atoms with Gasteiger partial charge in [0.15, 0.2) is 0 Å². The zero-order valence-electron chi connectivity index (χ0n) is 9.86. The molecule has 1 aromatic rings. The number of hydrogen-bond donors (Lipinski definition) is 3. The number of nitrogens with two attached hydrogens (primary N) is 1. The van der Waals surface area contributed by atoms with Crippen LogP contribution >= 0.6 is 0 Å². The molecule has 17 heavy (non-hydrogen) atoms. The second-order valence-corrected chi connectivity index (χ2v) is 3.99. The molecule has 5 heteroatoms. The van der Waals surface area contributed by atoms with Gasteiger partial charge in [0.25, 0.3) is 0 Å². The van der Waals surface area contributed by atoms with Gasteiger partial charge in [-0.05, 0) is 31.5 Å². The lowest BCUT2D eigenvalue weighted by Crippen LogP contribution is -2.32. The SMILES string of the molecule is CC(CC(N)=NO)NCCc1ccccc1F. The van der Waals surface area contributed by atoms with Crippen LogP contribution in [-0.4, -0.2) is 23.6 Å². The van der Waals surface area contributed by atoms with Crippen molar-refractivity contribution < 1.29 is 9.60 Å². The summed E-state index contributed by atoms with van der Waals surface area (Å²) in [6.07, 6.45) is 1.08. The highest BCUT2D eigenvalue weighted by Gasteiger charge is 2.05. The third-order valence-corrected chi connectivity index (χ3v) is 2.49. The second-order valence-electron chi connectivity index (χ2n) is 3.99. The fraction of sp³-hybridized carbons (Fsp3) is 0.417. The Morgan fingerprint density at radius 1 is 1.53 bits per heavy atom. The highest BCUT2D eigenvalue weighted by Crippen LogP contribution is 2.06. The lowest BCUT2D eigenvalue weighted by Gasteiger charge is -2.12. The molecule has 4 N–H and O–H groups in total. The molecule has 94 valence electrons. The summed E-state index contributed by atoms with van der Waals surface area (Å²) in [5.74, 6) is 0.00859.